The van der Waals surface area contributed by atoms with Crippen LogP contribution < -0.4 is 10.6 Å². The number of Topliss-reactive ketones (excluding diaryl/α,β-unsaturated/α-hetero) is 1. The molecule has 0 atom stereocenters. The molecule has 6 rings (SSSR count). The highest BCUT2D eigenvalue weighted by Crippen LogP contribution is 2.30. The van der Waals surface area contributed by atoms with Gasteiger partial charge < -0.3 is 14.8 Å². The van der Waals surface area contributed by atoms with Crippen molar-refractivity contribution in [2.75, 3.05) is 30.3 Å². The van der Waals surface area contributed by atoms with Gasteiger partial charge >= 0.3 is 0 Å². The lowest BCUT2D eigenvalue weighted by atomic mass is 10.1. The smallest absolute Gasteiger partial charge is 0.268 e. The highest BCUT2D eigenvalue weighted by atomic mass is 32.1. The Morgan fingerprint density at radius 3 is 2.68 bits per heavy atom. The number of nitrogens with one attached hydrogen (secondary N) is 2. The van der Waals surface area contributed by atoms with E-state index in [1.165, 1.54) is 17.5 Å². The maximum absolute atomic E-state index is 13.4. The van der Waals surface area contributed by atoms with Gasteiger partial charge in [-0.05, 0) is 49.2 Å². The van der Waals surface area contributed by atoms with Gasteiger partial charge in [0.05, 0.1) is 28.0 Å². The molecule has 1 aliphatic rings. The molecule has 44 heavy (non-hydrogen) atoms. The number of hydrogen-bond donors (Lipinski definition) is 2. The summed E-state index contributed by atoms with van der Waals surface area (Å²) in [5.74, 6) is 0.256. The number of benzene rings is 2. The molecular weight excluding hydrogens is 574 g/mol. The molecule has 0 unspecified atom stereocenters. The maximum Gasteiger partial charge on any atom is 0.268 e. The Morgan fingerprint density at radius 2 is 1.89 bits per heavy atom. The SMILES string of the molecule is N#Cc1cncc(-c2ccc(C(=O)Nc3nc4cc(NCC(=O)c5ccccc5)ccc4n3CCCN3CCCC3=O)s2)c1. The Kier molecular flexibility index (Phi) is 8.43. The molecule has 0 spiro atoms. The van der Waals surface area contributed by atoms with Crippen LogP contribution in [0.4, 0.5) is 11.6 Å². The fourth-order valence-electron chi connectivity index (χ4n) is 5.24. The van der Waals surface area contributed by atoms with Gasteiger partial charge in [-0.2, -0.15) is 5.26 Å². The van der Waals surface area contributed by atoms with Crippen molar-refractivity contribution in [2.45, 2.75) is 25.8 Å². The van der Waals surface area contributed by atoms with Crippen molar-refractivity contribution >= 4 is 51.6 Å². The number of fused-ring (bicyclic) bond motifs is 1. The number of pyridine rings is 1. The number of hydrogen-bond acceptors (Lipinski definition) is 8. The molecule has 0 saturated carbocycles. The van der Waals surface area contributed by atoms with Crippen LogP contribution in [0, 0.1) is 11.3 Å². The summed E-state index contributed by atoms with van der Waals surface area (Å²) in [4.78, 5) is 50.2. The summed E-state index contributed by atoms with van der Waals surface area (Å²) in [6, 6.07) is 22.2. The lowest BCUT2D eigenvalue weighted by Crippen LogP contribution is -2.26. The fourth-order valence-corrected chi connectivity index (χ4v) is 6.13. The largest absolute Gasteiger partial charge is 0.378 e. The molecule has 4 heterocycles. The minimum Gasteiger partial charge on any atom is -0.378 e. The van der Waals surface area contributed by atoms with E-state index in [0.717, 1.165) is 34.6 Å². The van der Waals surface area contributed by atoms with Crippen LogP contribution in [0.3, 0.4) is 0 Å². The number of imidazole rings is 1. The Balaban J connectivity index is 1.22. The molecule has 2 amide bonds. The lowest BCUT2D eigenvalue weighted by molar-refractivity contribution is -0.127. The van der Waals surface area contributed by atoms with Crippen LogP contribution in [-0.2, 0) is 11.3 Å². The van der Waals surface area contributed by atoms with E-state index < -0.39 is 0 Å². The average molecular weight is 604 g/mol. The first-order chi connectivity index (χ1) is 21.5. The van der Waals surface area contributed by atoms with Gasteiger partial charge in [0.25, 0.3) is 5.91 Å². The highest BCUT2D eigenvalue weighted by molar-refractivity contribution is 7.17. The molecule has 5 aromatic rings. The number of amides is 2. The van der Waals surface area contributed by atoms with Crippen LogP contribution in [0.5, 0.6) is 0 Å². The van der Waals surface area contributed by atoms with Gasteiger partial charge in [0.1, 0.15) is 6.07 Å². The van der Waals surface area contributed by atoms with Crippen molar-refractivity contribution in [3.8, 4) is 16.5 Å². The number of aromatic nitrogens is 3. The van der Waals surface area contributed by atoms with Gasteiger partial charge in [-0.3, -0.25) is 24.7 Å². The third kappa shape index (κ3) is 6.35. The summed E-state index contributed by atoms with van der Waals surface area (Å²) >= 11 is 1.31. The molecule has 1 saturated heterocycles. The molecule has 10 nitrogen and oxygen atoms in total. The van der Waals surface area contributed by atoms with E-state index in [4.69, 9.17) is 4.98 Å². The molecule has 0 aliphatic carbocycles. The van der Waals surface area contributed by atoms with Gasteiger partial charge in [-0.1, -0.05) is 30.3 Å². The summed E-state index contributed by atoms with van der Waals surface area (Å²) in [7, 11) is 0. The van der Waals surface area contributed by atoms with Crippen molar-refractivity contribution in [1.29, 1.82) is 5.26 Å². The summed E-state index contributed by atoms with van der Waals surface area (Å²) in [6.07, 6.45) is 5.35. The number of carbonyl (C=O) groups is 3. The quantitative estimate of drug-likeness (QED) is 0.188. The monoisotopic (exact) mass is 603 g/mol. The second-order valence-corrected chi connectivity index (χ2v) is 11.5. The Bertz CT molecular complexity index is 1890. The zero-order valence-electron chi connectivity index (χ0n) is 23.8. The molecule has 3 aromatic heterocycles. The summed E-state index contributed by atoms with van der Waals surface area (Å²) in [5, 5.41) is 15.4. The van der Waals surface area contributed by atoms with E-state index in [-0.39, 0.29) is 24.1 Å². The summed E-state index contributed by atoms with van der Waals surface area (Å²) in [5.41, 5.74) is 4.09. The Morgan fingerprint density at radius 1 is 1.02 bits per heavy atom. The van der Waals surface area contributed by atoms with Gasteiger partial charge in [0.15, 0.2) is 5.78 Å². The standard InChI is InChI=1S/C33H29N7O3S/c34-18-22-16-24(20-35-19-22)29-11-12-30(44-29)32(43)38-33-37-26-17-25(36-21-28(41)23-6-2-1-3-7-23)9-10-27(26)40(33)15-5-14-39-13-4-8-31(39)42/h1-3,6-7,9-12,16-17,19-20,36H,4-5,8,13-15,21H2,(H,37,38,43). The first kappa shape index (κ1) is 28.8. The molecule has 11 heteroatoms. The molecule has 2 N–H and O–H groups in total. The van der Waals surface area contributed by atoms with Crippen LogP contribution in [0.15, 0.2) is 79.1 Å². The van der Waals surface area contributed by atoms with E-state index in [0.29, 0.717) is 53.4 Å². The summed E-state index contributed by atoms with van der Waals surface area (Å²) < 4.78 is 1.96. The molecule has 0 bridgehead atoms. The van der Waals surface area contributed by atoms with Crippen LogP contribution in [0.2, 0.25) is 0 Å². The number of likely N-dealkylation sites (tertiary alicyclic amines) is 1. The number of nitriles is 1. The van der Waals surface area contributed by atoms with Crippen molar-refractivity contribution in [3.63, 3.8) is 0 Å². The van der Waals surface area contributed by atoms with Crippen molar-refractivity contribution < 1.29 is 14.4 Å². The molecule has 0 radical (unpaired) electrons. The predicted molar refractivity (Wildman–Crippen MR) is 170 cm³/mol. The zero-order valence-corrected chi connectivity index (χ0v) is 24.6. The van der Waals surface area contributed by atoms with Gasteiger partial charge in [-0.15, -0.1) is 11.3 Å². The van der Waals surface area contributed by atoms with Crippen molar-refractivity contribution in [1.82, 2.24) is 19.4 Å². The van der Waals surface area contributed by atoms with Crippen LogP contribution >= 0.6 is 11.3 Å². The minimum absolute atomic E-state index is 0.0221. The van der Waals surface area contributed by atoms with E-state index >= 15 is 0 Å². The third-order valence-electron chi connectivity index (χ3n) is 7.49. The molecule has 1 aliphatic heterocycles. The first-order valence-corrected chi connectivity index (χ1v) is 15.2. The maximum atomic E-state index is 13.4. The Hall–Kier alpha value is -5.34. The van der Waals surface area contributed by atoms with Crippen LogP contribution in [0.25, 0.3) is 21.5 Å². The fraction of sp³-hybridized carbons (Fsp3) is 0.212. The van der Waals surface area contributed by atoms with Crippen molar-refractivity contribution in [2.24, 2.45) is 0 Å². The number of rotatable bonds is 11. The van der Waals surface area contributed by atoms with Crippen LogP contribution in [-0.4, -0.2) is 56.7 Å². The van der Waals surface area contributed by atoms with E-state index in [9.17, 15) is 19.6 Å². The van der Waals surface area contributed by atoms with E-state index in [1.54, 1.807) is 30.5 Å². The highest BCUT2D eigenvalue weighted by Gasteiger charge is 2.21. The van der Waals surface area contributed by atoms with Gasteiger partial charge in [-0.25, -0.2) is 4.98 Å². The minimum atomic E-state index is -0.302. The molecule has 220 valence electrons. The number of anilines is 2. The zero-order chi connectivity index (χ0) is 30.5. The van der Waals surface area contributed by atoms with E-state index in [1.807, 2.05) is 51.9 Å². The average Bonchev–Trinajstić information content (AvgIpc) is 3.79. The summed E-state index contributed by atoms with van der Waals surface area (Å²) in [6.45, 7) is 2.10. The third-order valence-corrected chi connectivity index (χ3v) is 8.62. The molecule has 1 fully saturated rings. The Labute approximate surface area is 258 Å². The first-order valence-electron chi connectivity index (χ1n) is 14.4. The van der Waals surface area contributed by atoms with Crippen LogP contribution in [0.1, 0.15) is 44.9 Å². The number of carbonyl (C=O) groups excluding carboxylic acids is 3. The number of nitrogens with zero attached hydrogens (tertiary/aromatic N) is 5. The van der Waals surface area contributed by atoms with Gasteiger partial charge in [0.2, 0.25) is 11.9 Å². The number of ketones is 1. The topological polar surface area (TPSA) is 133 Å². The number of aryl methyl sites for hydroxylation is 1. The normalized spacial score (nSPS) is 12.8. The molecule has 2 aromatic carbocycles. The second kappa shape index (κ2) is 12.9. The van der Waals surface area contributed by atoms with Crippen molar-refractivity contribution in [3.05, 3.63) is 95.1 Å². The lowest BCUT2D eigenvalue weighted by Gasteiger charge is -2.16. The van der Waals surface area contributed by atoms with Gasteiger partial charge in [0, 0.05) is 60.1 Å². The van der Waals surface area contributed by atoms with E-state index in [2.05, 4.69) is 21.7 Å². The number of thiophene rings is 1. The predicted octanol–water partition coefficient (Wildman–Crippen LogP) is 5.59. The second-order valence-electron chi connectivity index (χ2n) is 10.5. The molecular formula is C33H29N7O3S.